The average Bonchev–Trinajstić information content (AvgIpc) is 2.61. The minimum Gasteiger partial charge on any atom is -0.480 e. The lowest BCUT2D eigenvalue weighted by Crippen LogP contribution is -2.48. The smallest absolute Gasteiger partial charge is 0.322 e. The SMILES string of the molecule is CC(C)[C@H](NS(=O)(=O)c1ccccc1)C(=O)O.NC(=O)N1CCNCC1. The molecule has 0 aromatic heterocycles. The van der Waals surface area contributed by atoms with Crippen molar-refractivity contribution in [2.45, 2.75) is 24.8 Å². The summed E-state index contributed by atoms with van der Waals surface area (Å²) in [6.45, 7) is 6.51. The number of carboxylic acids is 1. The number of hydrogen-bond donors (Lipinski definition) is 4. The molecule has 1 fully saturated rings. The summed E-state index contributed by atoms with van der Waals surface area (Å²) in [7, 11) is -3.78. The Labute approximate surface area is 153 Å². The molecule has 0 radical (unpaired) electrons. The first-order valence-electron chi connectivity index (χ1n) is 8.20. The van der Waals surface area contributed by atoms with Gasteiger partial charge in [-0.2, -0.15) is 4.72 Å². The quantitative estimate of drug-likeness (QED) is 0.563. The molecule has 2 amide bonds. The van der Waals surface area contributed by atoms with E-state index in [0.29, 0.717) is 0 Å². The van der Waals surface area contributed by atoms with Gasteiger partial charge in [-0.1, -0.05) is 32.0 Å². The van der Waals surface area contributed by atoms with Gasteiger partial charge >= 0.3 is 12.0 Å². The fourth-order valence-corrected chi connectivity index (χ4v) is 3.55. The Morgan fingerprint density at radius 2 is 1.73 bits per heavy atom. The summed E-state index contributed by atoms with van der Waals surface area (Å²) in [5.74, 6) is -1.51. The number of carbonyl (C=O) groups is 2. The molecule has 1 atom stereocenters. The third kappa shape index (κ3) is 6.98. The maximum atomic E-state index is 11.9. The maximum Gasteiger partial charge on any atom is 0.322 e. The number of piperazine rings is 1. The van der Waals surface area contributed by atoms with Crippen molar-refractivity contribution in [2.75, 3.05) is 26.2 Å². The highest BCUT2D eigenvalue weighted by molar-refractivity contribution is 7.89. The second-order valence-electron chi connectivity index (χ2n) is 6.07. The van der Waals surface area contributed by atoms with E-state index in [9.17, 15) is 18.0 Å². The molecule has 0 bridgehead atoms. The molecule has 0 aliphatic carbocycles. The molecule has 1 aliphatic heterocycles. The number of primary amides is 1. The Bertz CT molecular complexity index is 688. The number of nitrogens with zero attached hydrogens (tertiary/aromatic N) is 1. The Balaban J connectivity index is 0.000000314. The van der Waals surface area contributed by atoms with Crippen molar-refractivity contribution in [3.8, 4) is 0 Å². The molecule has 2 rings (SSSR count). The maximum absolute atomic E-state index is 11.9. The van der Waals surface area contributed by atoms with E-state index in [0.717, 1.165) is 26.2 Å². The summed E-state index contributed by atoms with van der Waals surface area (Å²) in [5.41, 5.74) is 5.03. The molecule has 1 aliphatic rings. The normalized spacial score (nSPS) is 15.7. The van der Waals surface area contributed by atoms with Crippen molar-refractivity contribution in [1.82, 2.24) is 14.9 Å². The molecular weight excluding hydrogens is 360 g/mol. The van der Waals surface area contributed by atoms with Gasteiger partial charge in [0.2, 0.25) is 10.0 Å². The van der Waals surface area contributed by atoms with E-state index >= 15 is 0 Å². The fourth-order valence-electron chi connectivity index (χ4n) is 2.19. The number of carbonyl (C=O) groups excluding carboxylic acids is 1. The fraction of sp³-hybridized carbons (Fsp3) is 0.500. The van der Waals surface area contributed by atoms with Crippen LogP contribution < -0.4 is 15.8 Å². The zero-order valence-corrected chi connectivity index (χ0v) is 15.7. The molecule has 26 heavy (non-hydrogen) atoms. The van der Waals surface area contributed by atoms with Gasteiger partial charge in [0.05, 0.1) is 4.90 Å². The minimum absolute atomic E-state index is 0.0619. The lowest BCUT2D eigenvalue weighted by atomic mass is 10.1. The first-order valence-corrected chi connectivity index (χ1v) is 9.68. The summed E-state index contributed by atoms with van der Waals surface area (Å²) >= 11 is 0. The first kappa shape index (κ1) is 21.9. The number of nitrogens with two attached hydrogens (primary N) is 1. The minimum atomic E-state index is -3.78. The van der Waals surface area contributed by atoms with Gasteiger partial charge in [0, 0.05) is 26.2 Å². The van der Waals surface area contributed by atoms with Crippen molar-refractivity contribution in [1.29, 1.82) is 0 Å². The molecule has 146 valence electrons. The predicted octanol–water partition coefficient (Wildman–Crippen LogP) is 0.0444. The third-order valence-electron chi connectivity index (χ3n) is 3.70. The summed E-state index contributed by atoms with van der Waals surface area (Å²) in [6, 6.07) is 6.26. The highest BCUT2D eigenvalue weighted by Gasteiger charge is 2.27. The van der Waals surface area contributed by atoms with Gasteiger partial charge in [0.1, 0.15) is 6.04 Å². The molecule has 9 nitrogen and oxygen atoms in total. The van der Waals surface area contributed by atoms with Gasteiger partial charge in [-0.15, -0.1) is 0 Å². The average molecular weight is 386 g/mol. The van der Waals surface area contributed by atoms with Crippen LogP contribution in [0.15, 0.2) is 35.2 Å². The van der Waals surface area contributed by atoms with Crippen molar-refractivity contribution >= 4 is 22.0 Å². The molecule has 0 saturated carbocycles. The van der Waals surface area contributed by atoms with E-state index in [4.69, 9.17) is 10.8 Å². The van der Waals surface area contributed by atoms with Gasteiger partial charge in [0.15, 0.2) is 0 Å². The molecule has 5 N–H and O–H groups in total. The van der Waals surface area contributed by atoms with Crippen LogP contribution in [0.2, 0.25) is 0 Å². The van der Waals surface area contributed by atoms with Gasteiger partial charge in [-0.3, -0.25) is 4.79 Å². The number of amides is 2. The van der Waals surface area contributed by atoms with Crippen LogP contribution in [0.25, 0.3) is 0 Å². The number of sulfonamides is 1. The standard InChI is InChI=1S/C11H15NO4S.C5H11N3O/c1-8(2)10(11(13)14)12-17(15,16)9-6-4-3-5-7-9;6-5(9)8-3-1-7-2-4-8/h3-8,10,12H,1-2H3,(H,13,14);7H,1-4H2,(H2,6,9)/t10-;/m0./s1. The second kappa shape index (κ2) is 10.1. The van der Waals surface area contributed by atoms with E-state index < -0.39 is 22.0 Å². The topological polar surface area (TPSA) is 142 Å². The summed E-state index contributed by atoms with van der Waals surface area (Å²) < 4.78 is 25.9. The van der Waals surface area contributed by atoms with E-state index in [-0.39, 0.29) is 16.8 Å². The predicted molar refractivity (Wildman–Crippen MR) is 97.1 cm³/mol. The number of rotatable bonds is 5. The molecule has 1 aromatic rings. The summed E-state index contributed by atoms with van der Waals surface area (Å²) in [4.78, 5) is 23.1. The number of benzene rings is 1. The monoisotopic (exact) mass is 386 g/mol. The Kier molecular flexibility index (Phi) is 8.49. The van der Waals surface area contributed by atoms with Crippen LogP contribution in [0.1, 0.15) is 13.8 Å². The van der Waals surface area contributed by atoms with Crippen LogP contribution in [-0.4, -0.2) is 62.6 Å². The van der Waals surface area contributed by atoms with Crippen LogP contribution in [0, 0.1) is 5.92 Å². The lowest BCUT2D eigenvalue weighted by molar-refractivity contribution is -0.140. The summed E-state index contributed by atoms with van der Waals surface area (Å²) in [6.07, 6.45) is 0. The number of hydrogen-bond acceptors (Lipinski definition) is 5. The molecule has 1 saturated heterocycles. The molecular formula is C16H26N4O5S. The van der Waals surface area contributed by atoms with Gasteiger partial charge in [-0.05, 0) is 18.1 Å². The van der Waals surface area contributed by atoms with E-state index in [1.54, 1.807) is 36.9 Å². The largest absolute Gasteiger partial charge is 0.480 e. The number of carboxylic acid groups (broad SMARTS) is 1. The molecule has 0 spiro atoms. The Morgan fingerprint density at radius 3 is 2.12 bits per heavy atom. The van der Waals surface area contributed by atoms with Crippen molar-refractivity contribution in [2.24, 2.45) is 11.7 Å². The van der Waals surface area contributed by atoms with Crippen LogP contribution in [0.3, 0.4) is 0 Å². The zero-order valence-electron chi connectivity index (χ0n) is 14.9. The molecule has 10 heteroatoms. The van der Waals surface area contributed by atoms with Crippen molar-refractivity contribution < 1.29 is 23.1 Å². The van der Waals surface area contributed by atoms with Crippen LogP contribution >= 0.6 is 0 Å². The first-order chi connectivity index (χ1) is 12.1. The van der Waals surface area contributed by atoms with Crippen molar-refractivity contribution in [3.63, 3.8) is 0 Å². The van der Waals surface area contributed by atoms with Gasteiger partial charge < -0.3 is 21.1 Å². The molecule has 0 unspecified atom stereocenters. The Morgan fingerprint density at radius 1 is 1.19 bits per heavy atom. The van der Waals surface area contributed by atoms with E-state index in [2.05, 4.69) is 10.0 Å². The molecule has 1 aromatic carbocycles. The van der Waals surface area contributed by atoms with Gasteiger partial charge in [0.25, 0.3) is 0 Å². The third-order valence-corrected chi connectivity index (χ3v) is 5.15. The Hall–Kier alpha value is -2.17. The van der Waals surface area contributed by atoms with Gasteiger partial charge in [-0.25, -0.2) is 13.2 Å². The van der Waals surface area contributed by atoms with E-state index in [1.165, 1.54) is 12.1 Å². The lowest BCUT2D eigenvalue weighted by Gasteiger charge is -2.25. The van der Waals surface area contributed by atoms with Crippen LogP contribution in [-0.2, 0) is 14.8 Å². The summed E-state index contributed by atoms with van der Waals surface area (Å²) in [5, 5.41) is 12.0. The van der Waals surface area contributed by atoms with Crippen LogP contribution in [0.5, 0.6) is 0 Å². The highest BCUT2D eigenvalue weighted by Crippen LogP contribution is 2.11. The number of aliphatic carboxylic acids is 1. The zero-order chi connectivity index (χ0) is 19.7. The second-order valence-corrected chi connectivity index (χ2v) is 7.78. The van der Waals surface area contributed by atoms with E-state index in [1.807, 2.05) is 0 Å². The van der Waals surface area contributed by atoms with Crippen LogP contribution in [0.4, 0.5) is 4.79 Å². The van der Waals surface area contributed by atoms with Crippen molar-refractivity contribution in [3.05, 3.63) is 30.3 Å². The number of nitrogens with one attached hydrogen (secondary N) is 2. The number of urea groups is 1. The highest BCUT2D eigenvalue weighted by atomic mass is 32.2. The molecule has 1 heterocycles.